The number of benzene rings is 2. The zero-order chi connectivity index (χ0) is 25.5. The van der Waals surface area contributed by atoms with Crippen molar-refractivity contribution < 1.29 is 34.6 Å². The van der Waals surface area contributed by atoms with E-state index in [4.69, 9.17) is 14.2 Å². The molecule has 2 aromatic carbocycles. The summed E-state index contributed by atoms with van der Waals surface area (Å²) in [6.07, 6.45) is -0.625. The highest BCUT2D eigenvalue weighted by molar-refractivity contribution is 5.67. The molecule has 2 aliphatic heterocycles. The van der Waals surface area contributed by atoms with Crippen molar-refractivity contribution >= 4 is 0 Å². The average molecular weight is 502 g/mol. The molecule has 198 valence electrons. The van der Waals surface area contributed by atoms with Gasteiger partial charge in [-0.25, -0.2) is 0 Å². The first-order valence-electron chi connectivity index (χ1n) is 13.0. The lowest BCUT2D eigenvalue weighted by Crippen LogP contribution is -2.64. The average Bonchev–Trinajstić information content (AvgIpc) is 3.12. The molecule has 36 heavy (non-hydrogen) atoms. The molecule has 4 N–H and O–H groups in total. The number of piperidine rings is 1. The number of ether oxygens (including phenoxy) is 3. The van der Waals surface area contributed by atoms with Gasteiger partial charge in [0.05, 0.1) is 38.1 Å². The summed E-state index contributed by atoms with van der Waals surface area (Å²) >= 11 is 0. The quantitative estimate of drug-likeness (QED) is 0.367. The van der Waals surface area contributed by atoms with Crippen LogP contribution >= 0.6 is 0 Å². The van der Waals surface area contributed by atoms with Gasteiger partial charge in [0.2, 0.25) is 0 Å². The lowest BCUT2D eigenvalue weighted by molar-refractivity contribution is -0.157. The summed E-state index contributed by atoms with van der Waals surface area (Å²) in [6, 6.07) is 13.8. The Kier molecular flexibility index (Phi) is 9.59. The number of likely N-dealkylation sites (tertiary alicyclic amines) is 1. The fraction of sp³-hybridized carbons (Fsp3) is 0.571. The Labute approximate surface area is 213 Å². The first-order valence-corrected chi connectivity index (χ1v) is 13.0. The summed E-state index contributed by atoms with van der Waals surface area (Å²) in [5.74, 6) is 1.60. The van der Waals surface area contributed by atoms with E-state index in [2.05, 4.69) is 30.3 Å². The molecule has 1 saturated heterocycles. The van der Waals surface area contributed by atoms with Gasteiger partial charge in [-0.1, -0.05) is 30.3 Å². The van der Waals surface area contributed by atoms with E-state index in [-0.39, 0.29) is 6.54 Å². The van der Waals surface area contributed by atoms with Crippen LogP contribution in [0.25, 0.3) is 11.1 Å². The molecule has 2 aliphatic rings. The Morgan fingerprint density at radius 2 is 1.64 bits per heavy atom. The van der Waals surface area contributed by atoms with Crippen LogP contribution in [-0.4, -0.2) is 88.7 Å². The van der Waals surface area contributed by atoms with E-state index in [0.29, 0.717) is 33.0 Å². The van der Waals surface area contributed by atoms with Crippen molar-refractivity contribution in [1.29, 1.82) is 0 Å². The van der Waals surface area contributed by atoms with Crippen LogP contribution in [0.5, 0.6) is 11.5 Å². The maximum Gasteiger partial charge on any atom is 0.161 e. The van der Waals surface area contributed by atoms with Gasteiger partial charge in [-0.3, -0.25) is 4.90 Å². The molecule has 0 unspecified atom stereocenters. The Balaban J connectivity index is 1.16. The maximum atomic E-state index is 10.2. The Morgan fingerprint density at radius 1 is 0.917 bits per heavy atom. The van der Waals surface area contributed by atoms with Crippen LogP contribution in [0, 0.1) is 0 Å². The van der Waals surface area contributed by atoms with Gasteiger partial charge in [-0.05, 0) is 61.6 Å². The van der Waals surface area contributed by atoms with Gasteiger partial charge < -0.3 is 34.6 Å². The number of hydrogen-bond acceptors (Lipinski definition) is 8. The van der Waals surface area contributed by atoms with Crippen molar-refractivity contribution in [3.05, 3.63) is 48.0 Å². The van der Waals surface area contributed by atoms with E-state index < -0.39 is 30.5 Å². The smallest absolute Gasteiger partial charge is 0.161 e. The van der Waals surface area contributed by atoms with Crippen LogP contribution in [0.4, 0.5) is 0 Å². The third-order valence-corrected chi connectivity index (χ3v) is 6.97. The Morgan fingerprint density at radius 3 is 2.39 bits per heavy atom. The highest BCUT2D eigenvalue weighted by atomic mass is 16.5. The number of fused-ring (bicyclic) bond motifs is 1. The zero-order valence-corrected chi connectivity index (χ0v) is 21.0. The number of β-amino-alcohol motifs (C(OH)–C–C–N with tert-alkyl or cyclic N) is 1. The molecular weight excluding hydrogens is 462 g/mol. The van der Waals surface area contributed by atoms with Crippen molar-refractivity contribution in [2.45, 2.75) is 69.7 Å². The van der Waals surface area contributed by atoms with Gasteiger partial charge in [-0.15, -0.1) is 0 Å². The van der Waals surface area contributed by atoms with E-state index >= 15 is 0 Å². The topological polar surface area (TPSA) is 112 Å². The fourth-order valence-electron chi connectivity index (χ4n) is 4.97. The largest absolute Gasteiger partial charge is 0.490 e. The molecule has 8 nitrogen and oxygen atoms in total. The molecule has 0 spiro atoms. The van der Waals surface area contributed by atoms with E-state index in [1.165, 1.54) is 0 Å². The molecule has 1 fully saturated rings. The van der Waals surface area contributed by atoms with Gasteiger partial charge in [0.1, 0.15) is 12.2 Å². The third kappa shape index (κ3) is 6.76. The van der Waals surface area contributed by atoms with Crippen LogP contribution in [-0.2, 0) is 11.3 Å². The molecule has 0 bridgehead atoms. The molecule has 0 amide bonds. The van der Waals surface area contributed by atoms with Gasteiger partial charge in [0.15, 0.2) is 11.5 Å². The van der Waals surface area contributed by atoms with Crippen LogP contribution in [0.3, 0.4) is 0 Å². The molecule has 5 atom stereocenters. The summed E-state index contributed by atoms with van der Waals surface area (Å²) < 4.78 is 17.4. The van der Waals surface area contributed by atoms with Crippen molar-refractivity contribution in [2.75, 3.05) is 32.9 Å². The predicted octanol–water partition coefficient (Wildman–Crippen LogP) is 2.35. The fourth-order valence-corrected chi connectivity index (χ4v) is 4.97. The number of unbranched alkanes of at least 4 members (excludes halogenated alkanes) is 2. The summed E-state index contributed by atoms with van der Waals surface area (Å²) in [6.45, 7) is 5.03. The van der Waals surface area contributed by atoms with E-state index in [1.807, 2.05) is 17.0 Å². The normalized spacial score (nSPS) is 25.4. The number of nitrogens with zero attached hydrogens (tertiary/aromatic N) is 1. The highest BCUT2D eigenvalue weighted by Crippen LogP contribution is 2.34. The summed E-state index contributed by atoms with van der Waals surface area (Å²) in [7, 11) is 0. The second kappa shape index (κ2) is 12.9. The predicted molar refractivity (Wildman–Crippen MR) is 136 cm³/mol. The SMILES string of the molecule is C[C@@H](O)[C@H]1[C@@H](O)[C@H](O)[C@@H](O)CN1CCCCCOCc1ccc(-c2ccc3c(c2)OCCCO3)cc1. The Hall–Kier alpha value is -2.20. The number of hydrogen-bond donors (Lipinski definition) is 4. The maximum absolute atomic E-state index is 10.2. The lowest BCUT2D eigenvalue weighted by atomic mass is 9.90. The molecule has 8 heteroatoms. The van der Waals surface area contributed by atoms with Crippen LogP contribution < -0.4 is 9.47 Å². The van der Waals surface area contributed by atoms with Gasteiger partial charge in [0, 0.05) is 19.6 Å². The number of rotatable bonds is 10. The molecule has 0 saturated carbocycles. The number of aliphatic hydroxyl groups excluding tert-OH is 4. The monoisotopic (exact) mass is 501 g/mol. The van der Waals surface area contributed by atoms with E-state index in [9.17, 15) is 20.4 Å². The van der Waals surface area contributed by atoms with E-state index in [1.54, 1.807) is 6.92 Å². The lowest BCUT2D eigenvalue weighted by Gasteiger charge is -2.45. The first kappa shape index (κ1) is 26.9. The molecular formula is C28H39NO7. The van der Waals surface area contributed by atoms with Crippen LogP contribution in [0.15, 0.2) is 42.5 Å². The minimum absolute atomic E-state index is 0.243. The van der Waals surface area contributed by atoms with Crippen molar-refractivity contribution in [2.24, 2.45) is 0 Å². The van der Waals surface area contributed by atoms with Gasteiger partial charge in [-0.2, -0.15) is 0 Å². The summed E-state index contributed by atoms with van der Waals surface area (Å²) in [5.41, 5.74) is 3.32. The van der Waals surface area contributed by atoms with Crippen molar-refractivity contribution in [3.8, 4) is 22.6 Å². The standard InChI is InChI=1S/C28H39NO7/c1-19(30)26-28(33)27(32)23(31)17-29(26)12-3-2-4-13-34-18-20-6-8-21(9-7-20)22-10-11-24-25(16-22)36-15-5-14-35-24/h6-11,16,19,23,26-28,30-33H,2-5,12-15,17-18H2,1H3/t19-,23+,26+,27-,28-/m1/s1. The number of aliphatic hydroxyl groups is 4. The van der Waals surface area contributed by atoms with Crippen LogP contribution in [0.2, 0.25) is 0 Å². The minimum atomic E-state index is -1.23. The second-order valence-electron chi connectivity index (χ2n) is 9.80. The molecule has 0 aromatic heterocycles. The Bertz CT molecular complexity index is 951. The molecule has 2 heterocycles. The van der Waals surface area contributed by atoms with Gasteiger partial charge in [0.25, 0.3) is 0 Å². The van der Waals surface area contributed by atoms with Crippen molar-refractivity contribution in [1.82, 2.24) is 4.90 Å². The molecule has 4 rings (SSSR count). The summed E-state index contributed by atoms with van der Waals surface area (Å²) in [5, 5.41) is 40.1. The second-order valence-corrected chi connectivity index (χ2v) is 9.80. The van der Waals surface area contributed by atoms with E-state index in [0.717, 1.165) is 53.9 Å². The summed E-state index contributed by atoms with van der Waals surface area (Å²) in [4.78, 5) is 1.87. The van der Waals surface area contributed by atoms with Crippen LogP contribution in [0.1, 0.15) is 38.2 Å². The highest BCUT2D eigenvalue weighted by Gasteiger charge is 2.43. The molecule has 2 aromatic rings. The molecule has 0 radical (unpaired) electrons. The third-order valence-electron chi connectivity index (χ3n) is 6.97. The zero-order valence-electron chi connectivity index (χ0n) is 21.0. The molecule has 0 aliphatic carbocycles. The first-order chi connectivity index (χ1) is 17.4. The van der Waals surface area contributed by atoms with Gasteiger partial charge >= 0.3 is 0 Å². The minimum Gasteiger partial charge on any atom is -0.490 e. The van der Waals surface area contributed by atoms with Crippen molar-refractivity contribution in [3.63, 3.8) is 0 Å².